The highest BCUT2D eigenvalue weighted by Crippen LogP contribution is 2.24. The smallest absolute Gasteiger partial charge is 0.236 e. The van der Waals surface area contributed by atoms with E-state index in [1.165, 1.54) is 25.8 Å². The van der Waals surface area contributed by atoms with Crippen LogP contribution in [0.2, 0.25) is 0 Å². The molecular formula is C12H21N3O. The van der Waals surface area contributed by atoms with Crippen LogP contribution in [0.5, 0.6) is 0 Å². The van der Waals surface area contributed by atoms with Crippen LogP contribution in [0.15, 0.2) is 0 Å². The predicted molar refractivity (Wildman–Crippen MR) is 62.2 cm³/mol. The molecule has 0 radical (unpaired) electrons. The minimum atomic E-state index is 0.345. The second-order valence-electron chi connectivity index (χ2n) is 5.39. The zero-order valence-electron chi connectivity index (χ0n) is 9.82. The van der Waals surface area contributed by atoms with Gasteiger partial charge < -0.3 is 10.2 Å². The number of hydrogen-bond donors (Lipinski definition) is 1. The summed E-state index contributed by atoms with van der Waals surface area (Å²) in [7, 11) is 0. The first kappa shape index (κ1) is 10.5. The van der Waals surface area contributed by atoms with Gasteiger partial charge in [-0.25, -0.2) is 0 Å². The Morgan fingerprint density at radius 1 is 1.25 bits per heavy atom. The fourth-order valence-corrected chi connectivity index (χ4v) is 3.33. The Bertz CT molecular complexity index is 263. The molecule has 3 heterocycles. The number of rotatable bonds is 2. The van der Waals surface area contributed by atoms with Gasteiger partial charge in [0.05, 0.1) is 6.54 Å². The third-order valence-electron chi connectivity index (χ3n) is 4.26. The lowest BCUT2D eigenvalue weighted by Gasteiger charge is -2.21. The molecule has 90 valence electrons. The van der Waals surface area contributed by atoms with Gasteiger partial charge in [0.25, 0.3) is 0 Å². The maximum absolute atomic E-state index is 12.0. The molecule has 2 atom stereocenters. The quantitative estimate of drug-likeness (QED) is 0.710. The molecular weight excluding hydrogens is 202 g/mol. The van der Waals surface area contributed by atoms with Gasteiger partial charge in [0.2, 0.25) is 5.91 Å². The minimum absolute atomic E-state index is 0.345. The Labute approximate surface area is 97.0 Å². The fraction of sp³-hybridized carbons (Fsp3) is 0.917. The van der Waals surface area contributed by atoms with Crippen molar-refractivity contribution in [1.82, 2.24) is 15.1 Å². The molecule has 16 heavy (non-hydrogen) atoms. The molecule has 0 bridgehead atoms. The number of hydrogen-bond acceptors (Lipinski definition) is 3. The number of amides is 1. The average Bonchev–Trinajstić information content (AvgIpc) is 2.91. The van der Waals surface area contributed by atoms with E-state index >= 15 is 0 Å². The van der Waals surface area contributed by atoms with E-state index in [2.05, 4.69) is 10.2 Å². The van der Waals surface area contributed by atoms with Crippen LogP contribution in [0.4, 0.5) is 0 Å². The topological polar surface area (TPSA) is 35.6 Å². The first-order valence-electron chi connectivity index (χ1n) is 6.56. The van der Waals surface area contributed by atoms with Gasteiger partial charge in [-0.05, 0) is 31.7 Å². The van der Waals surface area contributed by atoms with Crippen molar-refractivity contribution in [3.63, 3.8) is 0 Å². The lowest BCUT2D eigenvalue weighted by atomic mass is 10.1. The molecule has 3 fully saturated rings. The Morgan fingerprint density at radius 2 is 2.06 bits per heavy atom. The van der Waals surface area contributed by atoms with Crippen molar-refractivity contribution >= 4 is 5.91 Å². The molecule has 4 nitrogen and oxygen atoms in total. The van der Waals surface area contributed by atoms with Crippen LogP contribution >= 0.6 is 0 Å². The SMILES string of the molecule is O=C(CN1C[C@@H]2CCN[C@@H]2C1)N1CCCC1. The van der Waals surface area contributed by atoms with E-state index < -0.39 is 0 Å². The lowest BCUT2D eigenvalue weighted by Crippen LogP contribution is -2.39. The van der Waals surface area contributed by atoms with Gasteiger partial charge in [-0.2, -0.15) is 0 Å². The summed E-state index contributed by atoms with van der Waals surface area (Å²) in [4.78, 5) is 16.3. The Kier molecular flexibility index (Phi) is 2.86. The van der Waals surface area contributed by atoms with Gasteiger partial charge in [0, 0.05) is 32.2 Å². The predicted octanol–water partition coefficient (Wildman–Crippen LogP) is -0.0975. The second-order valence-corrected chi connectivity index (χ2v) is 5.39. The second kappa shape index (κ2) is 4.34. The summed E-state index contributed by atoms with van der Waals surface area (Å²) in [6, 6.07) is 0.659. The molecule has 0 aromatic carbocycles. The molecule has 0 unspecified atom stereocenters. The Balaban J connectivity index is 1.50. The van der Waals surface area contributed by atoms with Crippen LogP contribution in [-0.2, 0) is 4.79 Å². The highest BCUT2D eigenvalue weighted by atomic mass is 16.2. The Hall–Kier alpha value is -0.610. The minimum Gasteiger partial charge on any atom is -0.342 e. The molecule has 3 aliphatic heterocycles. The molecule has 4 heteroatoms. The first-order chi connectivity index (χ1) is 7.83. The molecule has 0 saturated carbocycles. The summed E-state index contributed by atoms with van der Waals surface area (Å²) in [5, 5.41) is 3.52. The normalized spacial score (nSPS) is 34.6. The number of fused-ring (bicyclic) bond motifs is 1. The first-order valence-corrected chi connectivity index (χ1v) is 6.56. The molecule has 1 amide bonds. The van der Waals surface area contributed by atoms with Crippen LogP contribution in [0.25, 0.3) is 0 Å². The van der Waals surface area contributed by atoms with Gasteiger partial charge >= 0.3 is 0 Å². The van der Waals surface area contributed by atoms with Crippen molar-refractivity contribution in [2.75, 3.05) is 39.3 Å². The van der Waals surface area contributed by atoms with Gasteiger partial charge in [0.15, 0.2) is 0 Å². The standard InChI is InChI=1S/C12H21N3O/c16-12(15-5-1-2-6-15)9-14-7-10-3-4-13-11(10)8-14/h10-11,13H,1-9H2/t10-,11+/m0/s1. The van der Waals surface area contributed by atoms with Gasteiger partial charge in [-0.15, -0.1) is 0 Å². The summed E-state index contributed by atoms with van der Waals surface area (Å²) in [5.41, 5.74) is 0. The van der Waals surface area contributed by atoms with Crippen LogP contribution in [-0.4, -0.2) is 61.0 Å². The van der Waals surface area contributed by atoms with Crippen molar-refractivity contribution in [2.24, 2.45) is 5.92 Å². The van der Waals surface area contributed by atoms with Gasteiger partial charge in [0.1, 0.15) is 0 Å². The molecule has 0 aromatic rings. The van der Waals surface area contributed by atoms with Crippen LogP contribution < -0.4 is 5.32 Å². The van der Waals surface area contributed by atoms with Crippen LogP contribution in [0.3, 0.4) is 0 Å². The molecule has 3 aliphatic rings. The van der Waals surface area contributed by atoms with E-state index in [1.807, 2.05) is 4.90 Å². The zero-order chi connectivity index (χ0) is 11.0. The maximum atomic E-state index is 12.0. The number of likely N-dealkylation sites (tertiary alicyclic amines) is 2. The van der Waals surface area contributed by atoms with Gasteiger partial charge in [-0.3, -0.25) is 9.69 Å². The van der Waals surface area contributed by atoms with Crippen molar-refractivity contribution in [2.45, 2.75) is 25.3 Å². The lowest BCUT2D eigenvalue weighted by molar-refractivity contribution is -0.131. The maximum Gasteiger partial charge on any atom is 0.236 e. The summed E-state index contributed by atoms with van der Waals surface area (Å²) >= 11 is 0. The molecule has 3 rings (SSSR count). The summed E-state index contributed by atoms with van der Waals surface area (Å²) in [6.07, 6.45) is 3.68. The van der Waals surface area contributed by atoms with E-state index in [0.717, 1.165) is 32.1 Å². The van der Waals surface area contributed by atoms with E-state index in [-0.39, 0.29) is 0 Å². The van der Waals surface area contributed by atoms with E-state index in [4.69, 9.17) is 0 Å². The summed E-state index contributed by atoms with van der Waals surface area (Å²) < 4.78 is 0. The zero-order valence-corrected chi connectivity index (χ0v) is 9.82. The molecule has 1 N–H and O–H groups in total. The number of carbonyl (C=O) groups is 1. The van der Waals surface area contributed by atoms with Gasteiger partial charge in [-0.1, -0.05) is 0 Å². The monoisotopic (exact) mass is 223 g/mol. The van der Waals surface area contributed by atoms with E-state index in [1.54, 1.807) is 0 Å². The number of nitrogens with one attached hydrogen (secondary N) is 1. The van der Waals surface area contributed by atoms with E-state index in [0.29, 0.717) is 18.5 Å². The van der Waals surface area contributed by atoms with Crippen molar-refractivity contribution < 1.29 is 4.79 Å². The molecule has 0 spiro atoms. The van der Waals surface area contributed by atoms with Crippen LogP contribution in [0, 0.1) is 5.92 Å². The third-order valence-corrected chi connectivity index (χ3v) is 4.26. The van der Waals surface area contributed by atoms with Crippen molar-refractivity contribution in [3.05, 3.63) is 0 Å². The van der Waals surface area contributed by atoms with Crippen molar-refractivity contribution in [1.29, 1.82) is 0 Å². The molecule has 3 saturated heterocycles. The average molecular weight is 223 g/mol. The largest absolute Gasteiger partial charge is 0.342 e. The summed E-state index contributed by atoms with van der Waals surface area (Å²) in [6.45, 7) is 5.98. The molecule has 0 aromatic heterocycles. The molecule has 0 aliphatic carbocycles. The fourth-order valence-electron chi connectivity index (χ4n) is 3.33. The highest BCUT2D eigenvalue weighted by molar-refractivity contribution is 5.78. The number of carbonyl (C=O) groups excluding carboxylic acids is 1. The Morgan fingerprint density at radius 3 is 2.81 bits per heavy atom. The van der Waals surface area contributed by atoms with Crippen LogP contribution in [0.1, 0.15) is 19.3 Å². The highest BCUT2D eigenvalue weighted by Gasteiger charge is 2.36. The summed E-state index contributed by atoms with van der Waals surface area (Å²) in [5.74, 6) is 1.14. The third kappa shape index (κ3) is 1.96. The van der Waals surface area contributed by atoms with E-state index in [9.17, 15) is 4.79 Å². The number of nitrogens with zero attached hydrogens (tertiary/aromatic N) is 2. The van der Waals surface area contributed by atoms with Crippen molar-refractivity contribution in [3.8, 4) is 0 Å².